The Hall–Kier alpha value is -3.09. The number of fused-ring (bicyclic) bond motifs is 1. The van der Waals surface area contributed by atoms with Gasteiger partial charge in [-0.05, 0) is 42.7 Å². The molecule has 0 aromatic heterocycles. The predicted octanol–water partition coefficient (Wildman–Crippen LogP) is 3.33. The van der Waals surface area contributed by atoms with E-state index in [1.165, 1.54) is 0 Å². The Labute approximate surface area is 163 Å². The Bertz CT molecular complexity index is 879. The van der Waals surface area contributed by atoms with E-state index in [2.05, 4.69) is 10.6 Å². The molecule has 1 heterocycles. The van der Waals surface area contributed by atoms with Crippen LogP contribution in [0.2, 0.25) is 0 Å². The van der Waals surface area contributed by atoms with Gasteiger partial charge in [0.1, 0.15) is 13.2 Å². The van der Waals surface area contributed by atoms with Crippen molar-refractivity contribution in [2.45, 2.75) is 18.3 Å². The standard InChI is InChI=1S/C21H24N2O5/c1-25-16-5-3-14(11-18(16)26-2)21(7-8-21)13-22-20(24)23-15-4-6-17-19(12-15)28-10-9-27-17/h3-6,11-12H,7-10,13H2,1-2H3,(H2,22,23,24). The zero-order valence-electron chi connectivity index (χ0n) is 16.0. The number of hydrogen-bond donors (Lipinski definition) is 2. The fourth-order valence-electron chi connectivity index (χ4n) is 3.43. The molecule has 28 heavy (non-hydrogen) atoms. The first-order chi connectivity index (χ1) is 13.6. The third-order valence-corrected chi connectivity index (χ3v) is 5.24. The number of nitrogens with one attached hydrogen (secondary N) is 2. The highest BCUT2D eigenvalue weighted by atomic mass is 16.6. The minimum atomic E-state index is -0.247. The van der Waals surface area contributed by atoms with Crippen LogP contribution in [0.15, 0.2) is 36.4 Å². The van der Waals surface area contributed by atoms with Crippen molar-refractivity contribution in [3.8, 4) is 23.0 Å². The fraction of sp³-hybridized carbons (Fsp3) is 0.381. The molecular weight excluding hydrogens is 360 g/mol. The second kappa shape index (κ2) is 7.50. The summed E-state index contributed by atoms with van der Waals surface area (Å²) >= 11 is 0. The lowest BCUT2D eigenvalue weighted by Crippen LogP contribution is -2.35. The molecule has 2 aromatic carbocycles. The Kier molecular flexibility index (Phi) is 4.90. The topological polar surface area (TPSA) is 78.1 Å². The first-order valence-corrected chi connectivity index (χ1v) is 9.30. The van der Waals surface area contributed by atoms with Gasteiger partial charge in [0, 0.05) is 23.7 Å². The molecule has 1 aliphatic heterocycles. The van der Waals surface area contributed by atoms with Gasteiger partial charge in [-0.15, -0.1) is 0 Å². The Morgan fingerprint density at radius 3 is 2.46 bits per heavy atom. The monoisotopic (exact) mass is 384 g/mol. The maximum Gasteiger partial charge on any atom is 0.319 e. The summed E-state index contributed by atoms with van der Waals surface area (Å²) in [5.74, 6) is 2.74. The van der Waals surface area contributed by atoms with Gasteiger partial charge in [0.25, 0.3) is 0 Å². The summed E-state index contributed by atoms with van der Waals surface area (Å²) in [4.78, 5) is 12.4. The first-order valence-electron chi connectivity index (χ1n) is 9.30. The number of hydrogen-bond acceptors (Lipinski definition) is 5. The van der Waals surface area contributed by atoms with Crippen LogP contribution in [0.5, 0.6) is 23.0 Å². The number of anilines is 1. The molecule has 2 aromatic rings. The molecule has 2 N–H and O–H groups in total. The van der Waals surface area contributed by atoms with Crippen LogP contribution in [0.4, 0.5) is 10.5 Å². The lowest BCUT2D eigenvalue weighted by molar-refractivity contribution is 0.171. The zero-order chi connectivity index (χ0) is 19.6. The highest BCUT2D eigenvalue weighted by molar-refractivity contribution is 5.89. The van der Waals surface area contributed by atoms with Crippen molar-refractivity contribution in [3.63, 3.8) is 0 Å². The molecule has 7 nitrogen and oxygen atoms in total. The van der Waals surface area contributed by atoms with Crippen LogP contribution in [-0.4, -0.2) is 40.0 Å². The molecular formula is C21H24N2O5. The van der Waals surface area contributed by atoms with Crippen molar-refractivity contribution in [1.29, 1.82) is 0 Å². The zero-order valence-corrected chi connectivity index (χ0v) is 16.0. The van der Waals surface area contributed by atoms with E-state index in [4.69, 9.17) is 18.9 Å². The van der Waals surface area contributed by atoms with Crippen molar-refractivity contribution < 1.29 is 23.7 Å². The van der Waals surface area contributed by atoms with E-state index in [9.17, 15) is 4.79 Å². The number of carbonyl (C=O) groups excluding carboxylic acids is 1. The van der Waals surface area contributed by atoms with E-state index in [0.29, 0.717) is 48.4 Å². The lowest BCUT2D eigenvalue weighted by atomic mass is 9.95. The van der Waals surface area contributed by atoms with Gasteiger partial charge in [-0.2, -0.15) is 0 Å². The van der Waals surface area contributed by atoms with Crippen LogP contribution in [0.3, 0.4) is 0 Å². The summed E-state index contributed by atoms with van der Waals surface area (Å²) in [5.41, 5.74) is 1.76. The summed E-state index contributed by atoms with van der Waals surface area (Å²) in [5, 5.41) is 5.84. The van der Waals surface area contributed by atoms with Gasteiger partial charge in [-0.3, -0.25) is 0 Å². The number of methoxy groups -OCH3 is 2. The summed E-state index contributed by atoms with van der Waals surface area (Å²) in [6.07, 6.45) is 2.04. The quantitative estimate of drug-likeness (QED) is 0.799. The molecule has 0 unspecified atom stereocenters. The third kappa shape index (κ3) is 3.65. The Morgan fingerprint density at radius 2 is 1.75 bits per heavy atom. The van der Waals surface area contributed by atoms with Crippen LogP contribution in [-0.2, 0) is 5.41 Å². The lowest BCUT2D eigenvalue weighted by Gasteiger charge is -2.20. The van der Waals surface area contributed by atoms with Gasteiger partial charge < -0.3 is 29.6 Å². The van der Waals surface area contributed by atoms with Gasteiger partial charge in [-0.1, -0.05) is 6.07 Å². The SMILES string of the molecule is COc1ccc(C2(CNC(=O)Nc3ccc4c(c3)OCCO4)CC2)cc1OC. The van der Waals surface area contributed by atoms with Gasteiger partial charge in [0.05, 0.1) is 14.2 Å². The number of carbonyl (C=O) groups is 1. The van der Waals surface area contributed by atoms with Gasteiger partial charge in [-0.25, -0.2) is 4.79 Å². The van der Waals surface area contributed by atoms with Crippen LogP contribution >= 0.6 is 0 Å². The van der Waals surface area contributed by atoms with E-state index in [0.717, 1.165) is 18.4 Å². The molecule has 0 atom stereocenters. The number of amides is 2. The molecule has 2 amide bonds. The number of benzene rings is 2. The van der Waals surface area contributed by atoms with Crippen molar-refractivity contribution in [1.82, 2.24) is 5.32 Å². The Morgan fingerprint density at radius 1 is 1.00 bits per heavy atom. The maximum absolute atomic E-state index is 12.4. The van der Waals surface area contributed by atoms with Crippen LogP contribution in [0.25, 0.3) is 0 Å². The fourth-order valence-corrected chi connectivity index (χ4v) is 3.43. The van der Waals surface area contributed by atoms with Crippen LogP contribution < -0.4 is 29.6 Å². The largest absolute Gasteiger partial charge is 0.493 e. The highest BCUT2D eigenvalue weighted by Crippen LogP contribution is 2.49. The molecule has 0 radical (unpaired) electrons. The number of ether oxygens (including phenoxy) is 4. The van der Waals surface area contributed by atoms with E-state index >= 15 is 0 Å². The average molecular weight is 384 g/mol. The van der Waals surface area contributed by atoms with Gasteiger partial charge >= 0.3 is 6.03 Å². The summed E-state index contributed by atoms with van der Waals surface area (Å²) in [6.45, 7) is 1.61. The number of urea groups is 1. The molecule has 0 bridgehead atoms. The normalized spacial score (nSPS) is 16.1. The van der Waals surface area contributed by atoms with Crippen molar-refractivity contribution in [3.05, 3.63) is 42.0 Å². The minimum absolute atomic E-state index is 0.0519. The molecule has 0 spiro atoms. The Balaban J connectivity index is 1.38. The first kappa shape index (κ1) is 18.3. The molecule has 0 saturated heterocycles. The second-order valence-corrected chi connectivity index (χ2v) is 7.02. The predicted molar refractivity (Wildman–Crippen MR) is 105 cm³/mol. The summed E-state index contributed by atoms with van der Waals surface area (Å²) < 4.78 is 21.8. The van der Waals surface area contributed by atoms with E-state index in [1.807, 2.05) is 18.2 Å². The molecule has 148 valence electrons. The molecule has 7 heteroatoms. The maximum atomic E-state index is 12.4. The molecule has 1 aliphatic carbocycles. The summed E-state index contributed by atoms with van der Waals surface area (Å²) in [7, 11) is 3.24. The molecule has 2 aliphatic rings. The van der Waals surface area contributed by atoms with Crippen LogP contribution in [0, 0.1) is 0 Å². The molecule has 4 rings (SSSR count). The van der Waals surface area contributed by atoms with Crippen molar-refractivity contribution >= 4 is 11.7 Å². The molecule has 1 saturated carbocycles. The van der Waals surface area contributed by atoms with Crippen LogP contribution in [0.1, 0.15) is 18.4 Å². The highest BCUT2D eigenvalue weighted by Gasteiger charge is 2.44. The third-order valence-electron chi connectivity index (χ3n) is 5.24. The minimum Gasteiger partial charge on any atom is -0.493 e. The molecule has 1 fully saturated rings. The number of rotatable bonds is 6. The van der Waals surface area contributed by atoms with E-state index < -0.39 is 0 Å². The second-order valence-electron chi connectivity index (χ2n) is 7.02. The smallest absolute Gasteiger partial charge is 0.319 e. The van der Waals surface area contributed by atoms with Crippen molar-refractivity contribution in [2.24, 2.45) is 0 Å². The van der Waals surface area contributed by atoms with Gasteiger partial charge in [0.2, 0.25) is 0 Å². The van der Waals surface area contributed by atoms with E-state index in [-0.39, 0.29) is 11.4 Å². The average Bonchev–Trinajstić information content (AvgIpc) is 3.53. The summed E-state index contributed by atoms with van der Waals surface area (Å²) in [6, 6.07) is 11.1. The van der Waals surface area contributed by atoms with Crippen molar-refractivity contribution in [2.75, 3.05) is 39.3 Å². The van der Waals surface area contributed by atoms with E-state index in [1.54, 1.807) is 32.4 Å². The van der Waals surface area contributed by atoms with Gasteiger partial charge in [0.15, 0.2) is 23.0 Å².